The van der Waals surface area contributed by atoms with E-state index in [1.54, 1.807) is 0 Å². The molecule has 0 aromatic carbocycles. The minimum absolute atomic E-state index is 0.106. The van der Waals surface area contributed by atoms with Crippen LogP contribution in [-0.4, -0.2) is 23.7 Å². The standard InChI is InChI=1S/C9H15NO2/c11-7-2-1-3-9(4-7)5-8(12)10-6-9/h7,11H,1-6H2,(H,10,12). The SMILES string of the molecule is O=C1CC2(CCCC(O)C2)CN1. The molecule has 3 heteroatoms. The lowest BCUT2D eigenvalue weighted by molar-refractivity contribution is -0.120. The van der Waals surface area contributed by atoms with E-state index >= 15 is 0 Å². The first-order chi connectivity index (χ1) is 5.70. The highest BCUT2D eigenvalue weighted by molar-refractivity contribution is 5.79. The summed E-state index contributed by atoms with van der Waals surface area (Å²) in [5.74, 6) is 0.157. The first-order valence-electron chi connectivity index (χ1n) is 4.65. The zero-order valence-corrected chi connectivity index (χ0v) is 7.18. The number of aliphatic hydroxyl groups is 1. The van der Waals surface area contributed by atoms with E-state index in [2.05, 4.69) is 5.32 Å². The summed E-state index contributed by atoms with van der Waals surface area (Å²) < 4.78 is 0. The van der Waals surface area contributed by atoms with E-state index < -0.39 is 0 Å². The molecule has 1 aliphatic carbocycles. The van der Waals surface area contributed by atoms with Crippen LogP contribution >= 0.6 is 0 Å². The highest BCUT2D eigenvalue weighted by Gasteiger charge is 2.41. The molecule has 0 radical (unpaired) electrons. The van der Waals surface area contributed by atoms with Gasteiger partial charge in [0.2, 0.25) is 5.91 Å². The Labute approximate surface area is 72.2 Å². The summed E-state index contributed by atoms with van der Waals surface area (Å²) in [6.07, 6.45) is 4.34. The Balaban J connectivity index is 2.05. The molecule has 2 fully saturated rings. The lowest BCUT2D eigenvalue weighted by atomic mass is 9.72. The molecule has 0 aromatic rings. The number of rotatable bonds is 0. The molecule has 2 unspecified atom stereocenters. The Bertz CT molecular complexity index is 205. The second-order valence-electron chi connectivity index (χ2n) is 4.20. The van der Waals surface area contributed by atoms with E-state index in [9.17, 15) is 9.90 Å². The number of aliphatic hydroxyl groups excluding tert-OH is 1. The van der Waals surface area contributed by atoms with Crippen molar-refractivity contribution in [3.8, 4) is 0 Å². The third-order valence-electron chi connectivity index (χ3n) is 3.11. The van der Waals surface area contributed by atoms with Crippen molar-refractivity contribution in [2.24, 2.45) is 5.41 Å². The molecule has 0 bridgehead atoms. The van der Waals surface area contributed by atoms with E-state index in [4.69, 9.17) is 0 Å². The number of carbonyl (C=O) groups excluding carboxylic acids is 1. The fraction of sp³-hybridized carbons (Fsp3) is 0.889. The molecular weight excluding hydrogens is 154 g/mol. The molecule has 68 valence electrons. The van der Waals surface area contributed by atoms with Crippen molar-refractivity contribution < 1.29 is 9.90 Å². The number of hydrogen-bond donors (Lipinski definition) is 2. The van der Waals surface area contributed by atoms with Crippen molar-refractivity contribution in [1.29, 1.82) is 0 Å². The average Bonchev–Trinajstić information content (AvgIpc) is 2.32. The van der Waals surface area contributed by atoms with Gasteiger partial charge in [-0.3, -0.25) is 4.79 Å². The van der Waals surface area contributed by atoms with Gasteiger partial charge in [-0.05, 0) is 24.7 Å². The minimum atomic E-state index is -0.175. The summed E-state index contributed by atoms with van der Waals surface area (Å²) in [5, 5.41) is 12.3. The van der Waals surface area contributed by atoms with Crippen molar-refractivity contribution >= 4 is 5.91 Å². The summed E-state index contributed by atoms with van der Waals surface area (Å²) in [4.78, 5) is 11.0. The molecule has 2 aliphatic rings. The van der Waals surface area contributed by atoms with E-state index in [1.165, 1.54) is 0 Å². The Kier molecular flexibility index (Phi) is 1.83. The summed E-state index contributed by atoms with van der Waals surface area (Å²) in [6.45, 7) is 0.781. The van der Waals surface area contributed by atoms with Gasteiger partial charge < -0.3 is 10.4 Å². The van der Waals surface area contributed by atoms with E-state index in [0.29, 0.717) is 6.42 Å². The molecule has 3 nitrogen and oxygen atoms in total. The molecule has 1 saturated carbocycles. The van der Waals surface area contributed by atoms with Gasteiger partial charge in [0.05, 0.1) is 6.10 Å². The van der Waals surface area contributed by atoms with Crippen LogP contribution in [0.4, 0.5) is 0 Å². The first kappa shape index (κ1) is 8.05. The Morgan fingerprint density at radius 1 is 1.58 bits per heavy atom. The molecule has 1 spiro atoms. The van der Waals surface area contributed by atoms with Crippen LogP contribution < -0.4 is 5.32 Å². The highest BCUT2D eigenvalue weighted by Crippen LogP contribution is 2.41. The molecule has 0 aromatic heterocycles. The summed E-state index contributed by atoms with van der Waals surface area (Å²) in [5.41, 5.74) is 0.106. The lowest BCUT2D eigenvalue weighted by Crippen LogP contribution is -2.33. The van der Waals surface area contributed by atoms with E-state index in [-0.39, 0.29) is 17.4 Å². The Morgan fingerprint density at radius 2 is 2.42 bits per heavy atom. The van der Waals surface area contributed by atoms with E-state index in [0.717, 1.165) is 32.2 Å². The normalized spacial score (nSPS) is 41.8. The molecule has 1 aliphatic heterocycles. The first-order valence-corrected chi connectivity index (χ1v) is 4.65. The maximum absolute atomic E-state index is 11.0. The van der Waals surface area contributed by atoms with Crippen LogP contribution in [0.1, 0.15) is 32.1 Å². The van der Waals surface area contributed by atoms with Gasteiger partial charge in [-0.2, -0.15) is 0 Å². The van der Waals surface area contributed by atoms with Gasteiger partial charge >= 0.3 is 0 Å². The van der Waals surface area contributed by atoms with Crippen LogP contribution in [0.2, 0.25) is 0 Å². The molecule has 1 saturated heterocycles. The number of hydrogen-bond acceptors (Lipinski definition) is 2. The van der Waals surface area contributed by atoms with Gasteiger partial charge in [-0.1, -0.05) is 6.42 Å². The van der Waals surface area contributed by atoms with Gasteiger partial charge in [0.1, 0.15) is 0 Å². The van der Waals surface area contributed by atoms with E-state index in [1.807, 2.05) is 0 Å². The number of carbonyl (C=O) groups is 1. The predicted octanol–water partition coefficient (Wildman–Crippen LogP) is 0.428. The van der Waals surface area contributed by atoms with Crippen LogP contribution in [0, 0.1) is 5.41 Å². The number of nitrogens with one attached hydrogen (secondary N) is 1. The van der Waals surface area contributed by atoms with Crippen molar-refractivity contribution in [2.45, 2.75) is 38.2 Å². The highest BCUT2D eigenvalue weighted by atomic mass is 16.3. The molecular formula is C9H15NO2. The summed E-state index contributed by atoms with van der Waals surface area (Å²) in [6, 6.07) is 0. The lowest BCUT2D eigenvalue weighted by Gasteiger charge is -2.34. The Morgan fingerprint density at radius 3 is 3.00 bits per heavy atom. The number of amides is 1. The summed E-state index contributed by atoms with van der Waals surface area (Å²) >= 11 is 0. The second-order valence-corrected chi connectivity index (χ2v) is 4.20. The largest absolute Gasteiger partial charge is 0.393 e. The molecule has 2 rings (SSSR count). The van der Waals surface area contributed by atoms with Crippen molar-refractivity contribution in [2.75, 3.05) is 6.54 Å². The van der Waals surface area contributed by atoms with Gasteiger partial charge in [-0.15, -0.1) is 0 Å². The third kappa shape index (κ3) is 1.33. The monoisotopic (exact) mass is 169 g/mol. The van der Waals surface area contributed by atoms with Gasteiger partial charge in [0, 0.05) is 13.0 Å². The fourth-order valence-electron chi connectivity index (χ4n) is 2.49. The fourth-order valence-corrected chi connectivity index (χ4v) is 2.49. The zero-order valence-electron chi connectivity index (χ0n) is 7.18. The van der Waals surface area contributed by atoms with Crippen LogP contribution in [-0.2, 0) is 4.79 Å². The third-order valence-corrected chi connectivity index (χ3v) is 3.11. The van der Waals surface area contributed by atoms with Crippen LogP contribution in [0.25, 0.3) is 0 Å². The van der Waals surface area contributed by atoms with Gasteiger partial charge in [-0.25, -0.2) is 0 Å². The summed E-state index contributed by atoms with van der Waals surface area (Å²) in [7, 11) is 0. The molecule has 1 amide bonds. The topological polar surface area (TPSA) is 49.3 Å². The predicted molar refractivity (Wildman–Crippen MR) is 44.5 cm³/mol. The van der Waals surface area contributed by atoms with Crippen molar-refractivity contribution in [1.82, 2.24) is 5.32 Å². The Hall–Kier alpha value is -0.570. The molecule has 12 heavy (non-hydrogen) atoms. The quantitative estimate of drug-likeness (QED) is 0.552. The zero-order chi connectivity index (χ0) is 8.60. The second kappa shape index (κ2) is 2.73. The van der Waals surface area contributed by atoms with Crippen molar-refractivity contribution in [3.05, 3.63) is 0 Å². The van der Waals surface area contributed by atoms with Gasteiger partial charge in [0.15, 0.2) is 0 Å². The average molecular weight is 169 g/mol. The van der Waals surface area contributed by atoms with Crippen LogP contribution in [0.15, 0.2) is 0 Å². The van der Waals surface area contributed by atoms with Crippen LogP contribution in [0.5, 0.6) is 0 Å². The smallest absolute Gasteiger partial charge is 0.220 e. The van der Waals surface area contributed by atoms with Crippen molar-refractivity contribution in [3.63, 3.8) is 0 Å². The minimum Gasteiger partial charge on any atom is -0.393 e. The maximum Gasteiger partial charge on any atom is 0.220 e. The molecule has 2 atom stereocenters. The van der Waals surface area contributed by atoms with Crippen LogP contribution in [0.3, 0.4) is 0 Å². The maximum atomic E-state index is 11.0. The molecule has 2 N–H and O–H groups in total. The van der Waals surface area contributed by atoms with Gasteiger partial charge in [0.25, 0.3) is 0 Å². The molecule has 1 heterocycles.